The molecule has 0 unspecified atom stereocenters. The van der Waals surface area contributed by atoms with Crippen LogP contribution < -0.4 is 10.6 Å². The lowest BCUT2D eigenvalue weighted by atomic mass is 10.1. The molecule has 0 aromatic heterocycles. The van der Waals surface area contributed by atoms with Crippen molar-refractivity contribution in [3.8, 4) is 0 Å². The van der Waals surface area contributed by atoms with Crippen LogP contribution >= 0.6 is 0 Å². The lowest BCUT2D eigenvalue weighted by Gasteiger charge is -2.27. The van der Waals surface area contributed by atoms with Gasteiger partial charge in [-0.1, -0.05) is 42.5 Å². The number of ether oxygens (including phenoxy) is 2. The monoisotopic (exact) mass is 412 g/mol. The summed E-state index contributed by atoms with van der Waals surface area (Å²) in [5.41, 5.74) is 2.97. The number of carbonyl (C=O) groups excluding carboxylic acids is 2. The lowest BCUT2D eigenvalue weighted by molar-refractivity contribution is -0.122. The van der Waals surface area contributed by atoms with Crippen LogP contribution in [0.2, 0.25) is 0 Å². The molecule has 0 bridgehead atoms. The number of amides is 2. The minimum atomic E-state index is -0.927. The number of rotatable bonds is 7. The fraction of sp³-hybridized carbons (Fsp3) is 0.417. The molecule has 0 fully saturated rings. The third kappa shape index (κ3) is 7.52. The Morgan fingerprint density at radius 3 is 2.33 bits per heavy atom. The second kappa shape index (κ2) is 10.3. The average molecular weight is 413 g/mol. The quantitative estimate of drug-likeness (QED) is 0.689. The summed E-state index contributed by atoms with van der Waals surface area (Å²) in [6.07, 6.45) is -1.25. The zero-order valence-electron chi connectivity index (χ0n) is 18.6. The highest BCUT2D eigenvalue weighted by atomic mass is 16.6. The molecule has 2 aromatic carbocycles. The van der Waals surface area contributed by atoms with Gasteiger partial charge in [-0.3, -0.25) is 4.79 Å². The van der Waals surface area contributed by atoms with Crippen LogP contribution in [0.25, 0.3) is 0 Å². The average Bonchev–Trinajstić information content (AvgIpc) is 2.66. The minimum absolute atomic E-state index is 0.325. The van der Waals surface area contributed by atoms with E-state index in [1.807, 2.05) is 62.4 Å². The van der Waals surface area contributed by atoms with E-state index >= 15 is 0 Å². The van der Waals surface area contributed by atoms with Crippen molar-refractivity contribution in [2.75, 3.05) is 5.32 Å². The smallest absolute Gasteiger partial charge is 0.408 e. The maximum absolute atomic E-state index is 13.1. The molecule has 2 rings (SSSR count). The number of anilines is 1. The first kappa shape index (κ1) is 23.4. The molecule has 0 saturated heterocycles. The Morgan fingerprint density at radius 1 is 1.03 bits per heavy atom. The van der Waals surface area contributed by atoms with E-state index in [9.17, 15) is 9.59 Å². The number of hydrogen-bond acceptors (Lipinski definition) is 4. The topological polar surface area (TPSA) is 76.7 Å². The SMILES string of the molecule is Cc1ccc(C)c(NC(=O)[C@@H](NC(=O)OC(C)(C)C)[C@H](C)OCc2ccccc2)c1. The van der Waals surface area contributed by atoms with Gasteiger partial charge in [0.1, 0.15) is 11.6 Å². The summed E-state index contributed by atoms with van der Waals surface area (Å²) < 4.78 is 11.2. The van der Waals surface area contributed by atoms with Crippen LogP contribution in [-0.2, 0) is 20.9 Å². The van der Waals surface area contributed by atoms with Crippen LogP contribution in [0.4, 0.5) is 10.5 Å². The van der Waals surface area contributed by atoms with Gasteiger partial charge < -0.3 is 20.1 Å². The summed E-state index contributed by atoms with van der Waals surface area (Å²) >= 11 is 0. The number of benzene rings is 2. The Kier molecular flexibility index (Phi) is 8.00. The molecule has 6 heteroatoms. The predicted molar refractivity (Wildman–Crippen MR) is 118 cm³/mol. The van der Waals surface area contributed by atoms with Crippen molar-refractivity contribution in [1.82, 2.24) is 5.32 Å². The van der Waals surface area contributed by atoms with Crippen LogP contribution in [0.5, 0.6) is 0 Å². The van der Waals surface area contributed by atoms with Crippen molar-refractivity contribution < 1.29 is 19.1 Å². The molecule has 0 aliphatic rings. The van der Waals surface area contributed by atoms with Gasteiger partial charge in [-0.25, -0.2) is 4.79 Å². The fourth-order valence-corrected chi connectivity index (χ4v) is 2.81. The fourth-order valence-electron chi connectivity index (χ4n) is 2.81. The van der Waals surface area contributed by atoms with Crippen LogP contribution in [0, 0.1) is 13.8 Å². The van der Waals surface area contributed by atoms with E-state index in [4.69, 9.17) is 9.47 Å². The van der Waals surface area contributed by atoms with E-state index in [2.05, 4.69) is 10.6 Å². The Balaban J connectivity index is 2.15. The van der Waals surface area contributed by atoms with E-state index in [1.165, 1.54) is 0 Å². The third-order valence-corrected chi connectivity index (χ3v) is 4.43. The lowest BCUT2D eigenvalue weighted by Crippen LogP contribution is -2.52. The highest BCUT2D eigenvalue weighted by Gasteiger charge is 2.30. The highest BCUT2D eigenvalue weighted by molar-refractivity contribution is 5.97. The molecule has 0 aliphatic heterocycles. The maximum atomic E-state index is 13.1. The van der Waals surface area contributed by atoms with Gasteiger partial charge >= 0.3 is 6.09 Å². The van der Waals surface area contributed by atoms with Crippen LogP contribution in [0.1, 0.15) is 44.4 Å². The van der Waals surface area contributed by atoms with Crippen molar-refractivity contribution in [3.05, 3.63) is 65.2 Å². The van der Waals surface area contributed by atoms with Gasteiger partial charge in [-0.05, 0) is 64.3 Å². The van der Waals surface area contributed by atoms with Crippen molar-refractivity contribution in [3.63, 3.8) is 0 Å². The van der Waals surface area contributed by atoms with Gasteiger partial charge in [-0.2, -0.15) is 0 Å². The number of carbonyl (C=O) groups is 2. The zero-order valence-corrected chi connectivity index (χ0v) is 18.6. The number of aryl methyl sites for hydroxylation is 2. The second-order valence-electron chi connectivity index (χ2n) is 8.43. The summed E-state index contributed by atoms with van der Waals surface area (Å²) in [7, 11) is 0. The van der Waals surface area contributed by atoms with Crippen LogP contribution in [-0.4, -0.2) is 29.7 Å². The molecule has 30 heavy (non-hydrogen) atoms. The zero-order chi connectivity index (χ0) is 22.3. The summed E-state index contributed by atoms with van der Waals surface area (Å²) in [6, 6.07) is 14.6. The standard InChI is InChI=1S/C24H32N2O4/c1-16-12-13-17(2)20(14-16)25-22(27)21(26-23(28)30-24(4,5)6)18(3)29-15-19-10-8-7-9-11-19/h7-14,18,21H,15H2,1-6H3,(H,25,27)(H,26,28)/t18-,21-/m0/s1. The first-order valence-corrected chi connectivity index (χ1v) is 10.1. The van der Waals surface area contributed by atoms with Gasteiger partial charge in [0.2, 0.25) is 5.91 Å². The summed E-state index contributed by atoms with van der Waals surface area (Å²) in [5, 5.41) is 5.57. The first-order valence-electron chi connectivity index (χ1n) is 10.1. The van der Waals surface area contributed by atoms with E-state index in [-0.39, 0.29) is 5.91 Å². The molecule has 162 valence electrons. The van der Waals surface area contributed by atoms with Gasteiger partial charge in [0.25, 0.3) is 0 Å². The van der Waals surface area contributed by atoms with Gasteiger partial charge in [0.15, 0.2) is 0 Å². The van der Waals surface area contributed by atoms with Crippen molar-refractivity contribution in [2.45, 2.75) is 65.9 Å². The van der Waals surface area contributed by atoms with Crippen LogP contribution in [0.3, 0.4) is 0 Å². The second-order valence-corrected chi connectivity index (χ2v) is 8.43. The molecule has 0 radical (unpaired) electrons. The molecular weight excluding hydrogens is 380 g/mol. The van der Waals surface area contributed by atoms with Crippen LogP contribution in [0.15, 0.2) is 48.5 Å². The maximum Gasteiger partial charge on any atom is 0.408 e. The van der Waals surface area contributed by atoms with E-state index in [0.717, 1.165) is 16.7 Å². The number of hydrogen-bond donors (Lipinski definition) is 2. The Bertz CT molecular complexity index is 859. The third-order valence-electron chi connectivity index (χ3n) is 4.43. The molecule has 0 spiro atoms. The number of nitrogens with one attached hydrogen (secondary N) is 2. The van der Waals surface area contributed by atoms with E-state index < -0.39 is 23.8 Å². The normalized spacial score (nSPS) is 13.3. The summed E-state index contributed by atoms with van der Waals surface area (Å²) in [6.45, 7) is 11.3. The largest absolute Gasteiger partial charge is 0.444 e. The van der Waals surface area contributed by atoms with Gasteiger partial charge in [0.05, 0.1) is 12.7 Å². The molecule has 0 aliphatic carbocycles. The molecular formula is C24H32N2O4. The van der Waals surface area contributed by atoms with Crippen molar-refractivity contribution in [1.29, 1.82) is 0 Å². The highest BCUT2D eigenvalue weighted by Crippen LogP contribution is 2.18. The van der Waals surface area contributed by atoms with Crippen molar-refractivity contribution >= 4 is 17.7 Å². The van der Waals surface area contributed by atoms with Crippen molar-refractivity contribution in [2.24, 2.45) is 0 Å². The van der Waals surface area contributed by atoms with Gasteiger partial charge in [0, 0.05) is 5.69 Å². The molecule has 2 N–H and O–H groups in total. The molecule has 2 amide bonds. The molecule has 2 atom stereocenters. The first-order chi connectivity index (χ1) is 14.0. The van der Waals surface area contributed by atoms with Gasteiger partial charge in [-0.15, -0.1) is 0 Å². The van der Waals surface area contributed by atoms with E-state index in [0.29, 0.717) is 12.3 Å². The summed E-state index contributed by atoms with van der Waals surface area (Å²) in [4.78, 5) is 25.4. The van der Waals surface area contributed by atoms with E-state index in [1.54, 1.807) is 27.7 Å². The molecule has 2 aromatic rings. The Morgan fingerprint density at radius 2 is 1.70 bits per heavy atom. The Hall–Kier alpha value is -2.86. The molecule has 0 saturated carbocycles. The minimum Gasteiger partial charge on any atom is -0.444 e. The predicted octanol–water partition coefficient (Wildman–Crippen LogP) is 4.74. The Labute approximate surface area is 179 Å². The molecule has 6 nitrogen and oxygen atoms in total. The number of alkyl carbamates (subject to hydrolysis) is 1. The molecule has 0 heterocycles. The summed E-state index contributed by atoms with van der Waals surface area (Å²) in [5.74, 6) is -0.366.